The Hall–Kier alpha value is -2.88. The number of pyridine rings is 1. The van der Waals surface area contributed by atoms with Crippen molar-refractivity contribution in [2.24, 2.45) is 0 Å². The van der Waals surface area contributed by atoms with Crippen LogP contribution in [0.5, 0.6) is 0 Å². The third kappa shape index (κ3) is 3.13. The maximum Gasteiger partial charge on any atom is 0.344 e. The summed E-state index contributed by atoms with van der Waals surface area (Å²) in [6, 6.07) is 9.78. The fourth-order valence-corrected chi connectivity index (χ4v) is 4.15. The Morgan fingerprint density at radius 3 is 2.54 bits per heavy atom. The molecule has 3 aromatic rings. The second-order valence-corrected chi connectivity index (χ2v) is 8.08. The summed E-state index contributed by atoms with van der Waals surface area (Å²) in [7, 11) is 0. The number of hydrogen-bond acceptors (Lipinski definition) is 4. The van der Waals surface area contributed by atoms with Crippen LogP contribution < -0.4 is 10.5 Å². The molecule has 0 unspecified atom stereocenters. The second kappa shape index (κ2) is 6.93. The Kier molecular flexibility index (Phi) is 4.58. The summed E-state index contributed by atoms with van der Waals surface area (Å²) >= 11 is 0. The van der Waals surface area contributed by atoms with E-state index in [2.05, 4.69) is 49.7 Å². The first-order chi connectivity index (χ1) is 13.4. The van der Waals surface area contributed by atoms with Crippen molar-refractivity contribution in [2.45, 2.75) is 46.1 Å². The molecule has 0 amide bonds. The van der Waals surface area contributed by atoms with Gasteiger partial charge in [0.15, 0.2) is 0 Å². The van der Waals surface area contributed by atoms with Crippen LogP contribution in [0.1, 0.15) is 46.1 Å². The second-order valence-electron chi connectivity index (χ2n) is 8.08. The SMILES string of the molecule is CCCCN1c2cc3oc(=O)c(-c4ccncc4)cc3cc2C(C)=CC1(C)C. The number of nitrogens with zero attached hydrogens (tertiary/aromatic N) is 2. The minimum Gasteiger partial charge on any atom is -0.422 e. The maximum absolute atomic E-state index is 12.6. The van der Waals surface area contributed by atoms with Gasteiger partial charge in [-0.1, -0.05) is 19.4 Å². The molecular formula is C24H26N2O2. The molecule has 4 rings (SSSR count). The largest absolute Gasteiger partial charge is 0.422 e. The van der Waals surface area contributed by atoms with Crippen molar-refractivity contribution in [2.75, 3.05) is 11.4 Å². The minimum absolute atomic E-state index is 0.0722. The van der Waals surface area contributed by atoms with Crippen LogP contribution in [0, 0.1) is 0 Å². The number of rotatable bonds is 4. The quantitative estimate of drug-likeness (QED) is 0.553. The smallest absolute Gasteiger partial charge is 0.344 e. The summed E-state index contributed by atoms with van der Waals surface area (Å²) in [4.78, 5) is 19.1. The number of benzene rings is 1. The highest BCUT2D eigenvalue weighted by atomic mass is 16.4. The number of unbranched alkanes of at least 4 members (excludes halogenated alkanes) is 1. The molecule has 0 saturated carbocycles. The topological polar surface area (TPSA) is 46.3 Å². The molecule has 0 aliphatic carbocycles. The van der Waals surface area contributed by atoms with E-state index in [0.29, 0.717) is 11.1 Å². The van der Waals surface area contributed by atoms with Gasteiger partial charge in [-0.25, -0.2) is 4.79 Å². The van der Waals surface area contributed by atoms with Crippen molar-refractivity contribution < 1.29 is 4.42 Å². The third-order valence-electron chi connectivity index (χ3n) is 5.56. The first kappa shape index (κ1) is 18.5. The average molecular weight is 374 g/mol. The molecule has 0 atom stereocenters. The van der Waals surface area contributed by atoms with E-state index >= 15 is 0 Å². The van der Waals surface area contributed by atoms with Crippen LogP contribution in [0.3, 0.4) is 0 Å². The summed E-state index contributed by atoms with van der Waals surface area (Å²) in [5.41, 5.74) is 5.23. The standard InChI is InChI=1S/C24H26N2O2/c1-5-6-11-26-21-14-22-18(12-19(21)16(2)15-24(26,3)4)13-20(23(27)28-22)17-7-9-25-10-8-17/h7-10,12-15H,5-6,11H2,1-4H3. The summed E-state index contributed by atoms with van der Waals surface area (Å²) in [5, 5.41) is 0.938. The van der Waals surface area contributed by atoms with Crippen LogP contribution in [0.15, 0.2) is 58.0 Å². The van der Waals surface area contributed by atoms with Crippen LogP contribution in [0.2, 0.25) is 0 Å². The molecule has 4 nitrogen and oxygen atoms in total. The van der Waals surface area contributed by atoms with Crippen LogP contribution in [-0.4, -0.2) is 17.1 Å². The van der Waals surface area contributed by atoms with Gasteiger partial charge in [0.05, 0.1) is 11.1 Å². The summed E-state index contributed by atoms with van der Waals surface area (Å²) in [6.07, 6.45) is 7.97. The van der Waals surface area contributed by atoms with Crippen molar-refractivity contribution in [1.29, 1.82) is 0 Å². The monoisotopic (exact) mass is 374 g/mol. The lowest BCUT2D eigenvalue weighted by Gasteiger charge is -2.43. The lowest BCUT2D eigenvalue weighted by atomic mass is 9.87. The van der Waals surface area contributed by atoms with E-state index in [0.717, 1.165) is 36.0 Å². The van der Waals surface area contributed by atoms with Crippen LogP contribution in [0.4, 0.5) is 5.69 Å². The number of allylic oxidation sites excluding steroid dienone is 1. The summed E-state index contributed by atoms with van der Waals surface area (Å²) < 4.78 is 5.75. The molecule has 0 fully saturated rings. The zero-order valence-corrected chi connectivity index (χ0v) is 17.0. The van der Waals surface area contributed by atoms with Gasteiger partial charge >= 0.3 is 5.63 Å². The molecule has 3 heterocycles. The average Bonchev–Trinajstić information content (AvgIpc) is 2.66. The molecule has 4 heteroatoms. The molecule has 0 radical (unpaired) electrons. The first-order valence-corrected chi connectivity index (χ1v) is 9.90. The predicted molar refractivity (Wildman–Crippen MR) is 116 cm³/mol. The fraction of sp³-hybridized carbons (Fsp3) is 0.333. The van der Waals surface area contributed by atoms with E-state index in [1.807, 2.05) is 24.3 Å². The zero-order chi connectivity index (χ0) is 19.9. The first-order valence-electron chi connectivity index (χ1n) is 9.90. The van der Waals surface area contributed by atoms with E-state index < -0.39 is 0 Å². The Balaban J connectivity index is 1.91. The van der Waals surface area contributed by atoms with Gasteiger partial charge in [-0.2, -0.15) is 0 Å². The predicted octanol–water partition coefficient (Wildman–Crippen LogP) is 5.66. The van der Waals surface area contributed by atoms with Gasteiger partial charge in [0, 0.05) is 41.6 Å². The highest BCUT2D eigenvalue weighted by Crippen LogP contribution is 2.41. The van der Waals surface area contributed by atoms with E-state index in [1.54, 1.807) is 12.4 Å². The Morgan fingerprint density at radius 1 is 1.11 bits per heavy atom. The van der Waals surface area contributed by atoms with Gasteiger partial charge in [0.25, 0.3) is 0 Å². The number of aromatic nitrogens is 1. The molecule has 0 bridgehead atoms. The normalized spacial score (nSPS) is 15.4. The highest BCUT2D eigenvalue weighted by molar-refractivity contribution is 5.93. The molecule has 144 valence electrons. The molecule has 28 heavy (non-hydrogen) atoms. The van der Waals surface area contributed by atoms with Gasteiger partial charge in [-0.15, -0.1) is 0 Å². The third-order valence-corrected chi connectivity index (χ3v) is 5.56. The summed E-state index contributed by atoms with van der Waals surface area (Å²) in [6.45, 7) is 9.82. The Morgan fingerprint density at radius 2 is 1.82 bits per heavy atom. The molecule has 2 aromatic heterocycles. The van der Waals surface area contributed by atoms with Gasteiger partial charge < -0.3 is 9.32 Å². The van der Waals surface area contributed by atoms with E-state index in [9.17, 15) is 4.79 Å². The Labute approximate surface area is 165 Å². The molecule has 0 saturated heterocycles. The van der Waals surface area contributed by atoms with Crippen LogP contribution in [-0.2, 0) is 0 Å². The maximum atomic E-state index is 12.6. The summed E-state index contributed by atoms with van der Waals surface area (Å²) in [5.74, 6) is 0. The molecule has 1 aromatic carbocycles. The molecule has 1 aliphatic heterocycles. The van der Waals surface area contributed by atoms with Crippen LogP contribution >= 0.6 is 0 Å². The van der Waals surface area contributed by atoms with Gasteiger partial charge in [0.2, 0.25) is 0 Å². The molecule has 0 N–H and O–H groups in total. The number of hydrogen-bond donors (Lipinski definition) is 0. The van der Waals surface area contributed by atoms with Crippen LogP contribution in [0.25, 0.3) is 27.7 Å². The molecule has 1 aliphatic rings. The molecular weight excluding hydrogens is 348 g/mol. The van der Waals surface area contributed by atoms with E-state index in [-0.39, 0.29) is 11.2 Å². The van der Waals surface area contributed by atoms with Gasteiger partial charge in [0.1, 0.15) is 5.58 Å². The molecule has 0 spiro atoms. The lowest BCUT2D eigenvalue weighted by Crippen LogP contribution is -2.45. The van der Waals surface area contributed by atoms with Gasteiger partial charge in [-0.05, 0) is 62.6 Å². The number of anilines is 1. The van der Waals surface area contributed by atoms with E-state index in [4.69, 9.17) is 4.42 Å². The van der Waals surface area contributed by atoms with Gasteiger partial charge in [-0.3, -0.25) is 4.98 Å². The minimum atomic E-state index is -0.318. The van der Waals surface area contributed by atoms with Crippen molar-refractivity contribution >= 4 is 22.2 Å². The van der Waals surface area contributed by atoms with Crippen molar-refractivity contribution in [1.82, 2.24) is 4.98 Å². The zero-order valence-electron chi connectivity index (χ0n) is 17.0. The fourth-order valence-electron chi connectivity index (χ4n) is 4.15. The number of fused-ring (bicyclic) bond motifs is 2. The van der Waals surface area contributed by atoms with Crippen molar-refractivity contribution in [3.63, 3.8) is 0 Å². The lowest BCUT2D eigenvalue weighted by molar-refractivity contribution is 0.537. The van der Waals surface area contributed by atoms with Crippen molar-refractivity contribution in [3.8, 4) is 11.1 Å². The van der Waals surface area contributed by atoms with Crippen molar-refractivity contribution in [3.05, 3.63) is 64.8 Å². The van der Waals surface area contributed by atoms with E-state index in [1.165, 1.54) is 11.1 Å². The Bertz CT molecular complexity index is 1110. The highest BCUT2D eigenvalue weighted by Gasteiger charge is 2.31.